The van der Waals surface area contributed by atoms with Gasteiger partial charge in [0.05, 0.1) is 16.7 Å². The van der Waals surface area contributed by atoms with E-state index in [1.807, 2.05) is 6.07 Å². The van der Waals surface area contributed by atoms with Crippen LogP contribution < -0.4 is 15.0 Å². The van der Waals surface area contributed by atoms with E-state index < -0.39 is 11.6 Å². The maximum absolute atomic E-state index is 13.9. The topological polar surface area (TPSA) is 72.3 Å². The lowest BCUT2D eigenvalue weighted by atomic mass is 10.3. The van der Waals surface area contributed by atoms with Gasteiger partial charge >= 0.3 is 0 Å². The first-order valence-corrected chi connectivity index (χ1v) is 8.95. The summed E-state index contributed by atoms with van der Waals surface area (Å²) >= 11 is 0. The standard InChI is InChI=1S/C21H17F2N5O2/c1-27(12-29)20-11-15(7-8-24-20)30-14-4-6-19-18(10-14)26-21(28(19)2)25-17-9-13(22)3-5-16(17)23/h3-12H,1-2H3,(H,25,26). The van der Waals surface area contributed by atoms with Crippen LogP contribution in [0.25, 0.3) is 11.0 Å². The summed E-state index contributed by atoms with van der Waals surface area (Å²) in [6.07, 6.45) is 2.20. The minimum absolute atomic E-state index is 0.00603. The van der Waals surface area contributed by atoms with E-state index in [2.05, 4.69) is 15.3 Å². The molecule has 30 heavy (non-hydrogen) atoms. The number of aryl methyl sites for hydroxylation is 1. The molecule has 4 aromatic rings. The van der Waals surface area contributed by atoms with Crippen molar-refractivity contribution < 1.29 is 18.3 Å². The Morgan fingerprint density at radius 3 is 2.70 bits per heavy atom. The molecule has 0 aliphatic heterocycles. The minimum atomic E-state index is -0.582. The number of imidazole rings is 1. The Hall–Kier alpha value is -4.01. The number of carbonyl (C=O) groups is 1. The van der Waals surface area contributed by atoms with Crippen LogP contribution in [0.1, 0.15) is 0 Å². The van der Waals surface area contributed by atoms with E-state index in [0.717, 1.165) is 23.7 Å². The van der Waals surface area contributed by atoms with Gasteiger partial charge in [-0.1, -0.05) is 0 Å². The molecule has 7 nitrogen and oxygen atoms in total. The van der Waals surface area contributed by atoms with Crippen LogP contribution in [0.3, 0.4) is 0 Å². The second kappa shape index (κ2) is 7.78. The predicted molar refractivity (Wildman–Crippen MR) is 109 cm³/mol. The lowest BCUT2D eigenvalue weighted by molar-refractivity contribution is -0.107. The van der Waals surface area contributed by atoms with Crippen molar-refractivity contribution in [1.82, 2.24) is 14.5 Å². The first-order chi connectivity index (χ1) is 14.4. The number of ether oxygens (including phenoxy) is 1. The van der Waals surface area contributed by atoms with Crippen LogP contribution in [0.4, 0.5) is 26.2 Å². The van der Waals surface area contributed by atoms with Gasteiger partial charge in [0.15, 0.2) is 0 Å². The van der Waals surface area contributed by atoms with Gasteiger partial charge in [0.1, 0.15) is 29.0 Å². The largest absolute Gasteiger partial charge is 0.457 e. The molecule has 1 N–H and O–H groups in total. The number of amides is 1. The maximum atomic E-state index is 13.9. The molecule has 2 heterocycles. The molecule has 4 rings (SSSR count). The number of carbonyl (C=O) groups excluding carboxylic acids is 1. The number of hydrogen-bond acceptors (Lipinski definition) is 5. The van der Waals surface area contributed by atoms with Crippen molar-refractivity contribution in [3.05, 3.63) is 66.4 Å². The van der Waals surface area contributed by atoms with Crippen LogP contribution in [0.5, 0.6) is 11.5 Å². The van der Waals surface area contributed by atoms with Crippen molar-refractivity contribution in [3.63, 3.8) is 0 Å². The van der Waals surface area contributed by atoms with Gasteiger partial charge in [0.25, 0.3) is 0 Å². The number of fused-ring (bicyclic) bond motifs is 1. The van der Waals surface area contributed by atoms with Crippen molar-refractivity contribution in [3.8, 4) is 11.5 Å². The first kappa shape index (κ1) is 19.3. The average molecular weight is 409 g/mol. The zero-order chi connectivity index (χ0) is 21.3. The second-order valence-electron chi connectivity index (χ2n) is 6.56. The summed E-state index contributed by atoms with van der Waals surface area (Å²) < 4.78 is 35.0. The molecule has 0 bridgehead atoms. The molecule has 0 fully saturated rings. The summed E-state index contributed by atoms with van der Waals surface area (Å²) in [6, 6.07) is 11.8. The summed E-state index contributed by atoms with van der Waals surface area (Å²) in [5.41, 5.74) is 1.37. The molecule has 0 radical (unpaired) electrons. The van der Waals surface area contributed by atoms with E-state index in [1.54, 1.807) is 49.1 Å². The van der Waals surface area contributed by atoms with Crippen molar-refractivity contribution in [2.45, 2.75) is 0 Å². The number of pyridine rings is 1. The SMILES string of the molecule is CN(C=O)c1cc(Oc2ccc3c(c2)nc(Nc2cc(F)ccc2F)n3C)ccn1. The molecule has 0 saturated heterocycles. The highest BCUT2D eigenvalue weighted by atomic mass is 19.1. The first-order valence-electron chi connectivity index (χ1n) is 8.95. The lowest BCUT2D eigenvalue weighted by Crippen LogP contribution is -2.14. The zero-order valence-electron chi connectivity index (χ0n) is 16.1. The van der Waals surface area contributed by atoms with Crippen LogP contribution in [-0.4, -0.2) is 28.0 Å². The van der Waals surface area contributed by atoms with Crippen molar-refractivity contribution in [2.75, 3.05) is 17.3 Å². The van der Waals surface area contributed by atoms with Gasteiger partial charge in [0.2, 0.25) is 12.4 Å². The Morgan fingerprint density at radius 2 is 1.90 bits per heavy atom. The highest BCUT2D eigenvalue weighted by molar-refractivity contribution is 5.81. The fourth-order valence-electron chi connectivity index (χ4n) is 2.91. The van der Waals surface area contributed by atoms with Crippen molar-refractivity contribution in [1.29, 1.82) is 0 Å². The molecule has 0 saturated carbocycles. The monoisotopic (exact) mass is 409 g/mol. The smallest absolute Gasteiger partial charge is 0.215 e. The third-order valence-electron chi connectivity index (χ3n) is 4.50. The Kier molecular flexibility index (Phi) is 5.01. The Bertz CT molecular complexity index is 1240. The summed E-state index contributed by atoms with van der Waals surface area (Å²) in [5, 5.41) is 2.82. The van der Waals surface area contributed by atoms with Crippen LogP contribution in [-0.2, 0) is 11.8 Å². The highest BCUT2D eigenvalue weighted by Gasteiger charge is 2.12. The van der Waals surface area contributed by atoms with Crippen LogP contribution >= 0.6 is 0 Å². The van der Waals surface area contributed by atoms with Crippen molar-refractivity contribution >= 4 is 34.9 Å². The maximum Gasteiger partial charge on any atom is 0.215 e. The summed E-state index contributed by atoms with van der Waals surface area (Å²) in [6.45, 7) is 0. The third kappa shape index (κ3) is 3.77. The van der Waals surface area contributed by atoms with E-state index >= 15 is 0 Å². The fraction of sp³-hybridized carbons (Fsp3) is 0.0952. The molecule has 0 unspecified atom stereocenters. The van der Waals surface area contributed by atoms with E-state index in [0.29, 0.717) is 35.2 Å². The normalized spacial score (nSPS) is 10.8. The molecule has 0 spiro atoms. The molecule has 0 aliphatic carbocycles. The molecule has 1 amide bonds. The summed E-state index contributed by atoms with van der Waals surface area (Å²) in [7, 11) is 3.36. The van der Waals surface area contributed by atoms with Gasteiger partial charge in [-0.3, -0.25) is 4.79 Å². The number of benzene rings is 2. The molecule has 2 aromatic carbocycles. The number of nitrogens with zero attached hydrogens (tertiary/aromatic N) is 4. The number of hydrogen-bond donors (Lipinski definition) is 1. The van der Waals surface area contributed by atoms with E-state index in [9.17, 15) is 13.6 Å². The number of halogens is 2. The summed E-state index contributed by atoms with van der Waals surface area (Å²) in [5.74, 6) is 0.696. The van der Waals surface area contributed by atoms with Gasteiger partial charge in [-0.2, -0.15) is 0 Å². The number of aromatic nitrogens is 3. The Morgan fingerprint density at radius 1 is 1.10 bits per heavy atom. The van der Waals surface area contributed by atoms with Gasteiger partial charge in [-0.25, -0.2) is 18.7 Å². The number of nitrogens with one attached hydrogen (secondary N) is 1. The molecule has 0 atom stereocenters. The molecule has 152 valence electrons. The summed E-state index contributed by atoms with van der Waals surface area (Å²) in [4.78, 5) is 20.8. The molecule has 0 aliphatic rings. The van der Waals surface area contributed by atoms with Crippen LogP contribution in [0, 0.1) is 11.6 Å². The van der Waals surface area contributed by atoms with Gasteiger partial charge in [-0.05, 0) is 30.3 Å². The molecule has 9 heteroatoms. The third-order valence-corrected chi connectivity index (χ3v) is 4.50. The average Bonchev–Trinajstić information content (AvgIpc) is 3.05. The lowest BCUT2D eigenvalue weighted by Gasteiger charge is -2.11. The van der Waals surface area contributed by atoms with Gasteiger partial charge in [-0.15, -0.1) is 0 Å². The second-order valence-corrected chi connectivity index (χ2v) is 6.56. The molecule has 2 aromatic heterocycles. The molecular weight excluding hydrogens is 392 g/mol. The quantitative estimate of drug-likeness (QED) is 0.479. The van der Waals surface area contributed by atoms with Gasteiger partial charge in [0, 0.05) is 38.5 Å². The Labute approximate surface area is 170 Å². The number of rotatable bonds is 6. The molecular formula is C21H17F2N5O2. The minimum Gasteiger partial charge on any atom is -0.457 e. The fourth-order valence-corrected chi connectivity index (χ4v) is 2.91. The predicted octanol–water partition coefficient (Wildman–Crippen LogP) is 4.38. The zero-order valence-corrected chi connectivity index (χ0v) is 16.1. The number of anilines is 3. The van der Waals surface area contributed by atoms with E-state index in [-0.39, 0.29) is 5.69 Å². The highest BCUT2D eigenvalue weighted by Crippen LogP contribution is 2.29. The van der Waals surface area contributed by atoms with Crippen molar-refractivity contribution in [2.24, 2.45) is 7.05 Å². The van der Waals surface area contributed by atoms with Crippen LogP contribution in [0.2, 0.25) is 0 Å². The Balaban J connectivity index is 1.62. The van der Waals surface area contributed by atoms with E-state index in [1.165, 1.54) is 4.90 Å². The van der Waals surface area contributed by atoms with Gasteiger partial charge < -0.3 is 19.5 Å². The van der Waals surface area contributed by atoms with Crippen LogP contribution in [0.15, 0.2) is 54.7 Å². The van der Waals surface area contributed by atoms with E-state index in [4.69, 9.17) is 4.74 Å².